The van der Waals surface area contributed by atoms with E-state index in [2.05, 4.69) is 5.32 Å². The van der Waals surface area contributed by atoms with E-state index < -0.39 is 17.4 Å². The zero-order valence-electron chi connectivity index (χ0n) is 10.4. The second kappa shape index (κ2) is 4.99. The van der Waals surface area contributed by atoms with Crippen LogP contribution in [0.2, 0.25) is 0 Å². The van der Waals surface area contributed by atoms with E-state index in [-0.39, 0.29) is 5.91 Å². The molecule has 17 heavy (non-hydrogen) atoms. The van der Waals surface area contributed by atoms with Gasteiger partial charge in [-0.2, -0.15) is 0 Å². The van der Waals surface area contributed by atoms with Gasteiger partial charge in [0.1, 0.15) is 6.04 Å². The van der Waals surface area contributed by atoms with Crippen molar-refractivity contribution in [3.05, 3.63) is 35.9 Å². The third-order valence-electron chi connectivity index (χ3n) is 2.84. The van der Waals surface area contributed by atoms with Crippen molar-refractivity contribution in [3.63, 3.8) is 0 Å². The predicted octanol–water partition coefficient (Wildman–Crippen LogP) is 0.954. The fourth-order valence-electron chi connectivity index (χ4n) is 1.43. The summed E-state index contributed by atoms with van der Waals surface area (Å²) in [5.74, 6) is -0.753. The van der Waals surface area contributed by atoms with E-state index in [1.54, 1.807) is 6.92 Å². The number of benzene rings is 1. The molecule has 0 radical (unpaired) electrons. The molecule has 4 nitrogen and oxygen atoms in total. The lowest BCUT2D eigenvalue weighted by Crippen LogP contribution is -2.48. The molecule has 4 heteroatoms. The van der Waals surface area contributed by atoms with Crippen LogP contribution in [0.25, 0.3) is 0 Å². The molecule has 0 aliphatic heterocycles. The van der Waals surface area contributed by atoms with Gasteiger partial charge >= 0.3 is 0 Å². The Morgan fingerprint density at radius 3 is 2.24 bits per heavy atom. The SMILES string of the molecule is CC(NC(=O)C(C)(C)c1ccccc1)C(N)=O. The minimum Gasteiger partial charge on any atom is -0.368 e. The van der Waals surface area contributed by atoms with E-state index in [9.17, 15) is 9.59 Å². The maximum Gasteiger partial charge on any atom is 0.239 e. The van der Waals surface area contributed by atoms with Gasteiger partial charge in [0.25, 0.3) is 0 Å². The number of nitrogens with one attached hydrogen (secondary N) is 1. The van der Waals surface area contributed by atoms with Crippen molar-refractivity contribution < 1.29 is 9.59 Å². The molecule has 1 unspecified atom stereocenters. The summed E-state index contributed by atoms with van der Waals surface area (Å²) in [6.45, 7) is 5.19. The molecule has 0 heterocycles. The van der Waals surface area contributed by atoms with Gasteiger partial charge in [0.2, 0.25) is 11.8 Å². The number of hydrogen-bond donors (Lipinski definition) is 2. The Morgan fingerprint density at radius 1 is 1.24 bits per heavy atom. The van der Waals surface area contributed by atoms with Gasteiger partial charge in [-0.05, 0) is 26.3 Å². The van der Waals surface area contributed by atoms with Gasteiger partial charge in [-0.3, -0.25) is 9.59 Å². The van der Waals surface area contributed by atoms with E-state index >= 15 is 0 Å². The van der Waals surface area contributed by atoms with Crippen molar-refractivity contribution in [3.8, 4) is 0 Å². The molecule has 1 atom stereocenters. The highest BCUT2D eigenvalue weighted by Crippen LogP contribution is 2.22. The van der Waals surface area contributed by atoms with Crippen molar-refractivity contribution >= 4 is 11.8 Å². The van der Waals surface area contributed by atoms with Crippen LogP contribution in [-0.2, 0) is 15.0 Å². The number of rotatable bonds is 4. The molecule has 1 aromatic rings. The number of primary amides is 1. The van der Waals surface area contributed by atoms with Crippen LogP contribution in [0.3, 0.4) is 0 Å². The standard InChI is InChI=1S/C13H18N2O2/c1-9(11(14)16)15-12(17)13(2,3)10-7-5-4-6-8-10/h4-9H,1-3H3,(H2,14,16)(H,15,17). The Morgan fingerprint density at radius 2 is 1.76 bits per heavy atom. The first-order chi connectivity index (χ1) is 7.85. The van der Waals surface area contributed by atoms with Crippen molar-refractivity contribution in [1.29, 1.82) is 0 Å². The van der Waals surface area contributed by atoms with Crippen LogP contribution >= 0.6 is 0 Å². The van der Waals surface area contributed by atoms with Crippen LogP contribution in [0, 0.1) is 0 Å². The maximum atomic E-state index is 12.1. The van der Waals surface area contributed by atoms with Gasteiger partial charge in [-0.15, -0.1) is 0 Å². The van der Waals surface area contributed by atoms with E-state index in [0.29, 0.717) is 0 Å². The molecule has 1 aromatic carbocycles. The van der Waals surface area contributed by atoms with Crippen molar-refractivity contribution in [2.24, 2.45) is 5.73 Å². The molecular formula is C13H18N2O2. The third-order valence-corrected chi connectivity index (χ3v) is 2.84. The van der Waals surface area contributed by atoms with Crippen molar-refractivity contribution in [1.82, 2.24) is 5.32 Å². The average Bonchev–Trinajstić information content (AvgIpc) is 2.29. The first-order valence-corrected chi connectivity index (χ1v) is 5.51. The lowest BCUT2D eigenvalue weighted by molar-refractivity contribution is -0.130. The van der Waals surface area contributed by atoms with Gasteiger partial charge in [0.15, 0.2) is 0 Å². The molecule has 1 rings (SSSR count). The molecule has 0 saturated carbocycles. The molecule has 0 saturated heterocycles. The van der Waals surface area contributed by atoms with Gasteiger partial charge in [-0.1, -0.05) is 30.3 Å². The summed E-state index contributed by atoms with van der Waals surface area (Å²) >= 11 is 0. The lowest BCUT2D eigenvalue weighted by atomic mass is 9.83. The number of amides is 2. The minimum atomic E-state index is -0.690. The van der Waals surface area contributed by atoms with E-state index in [1.807, 2.05) is 44.2 Å². The first-order valence-electron chi connectivity index (χ1n) is 5.51. The van der Waals surface area contributed by atoms with Gasteiger partial charge < -0.3 is 11.1 Å². The Kier molecular flexibility index (Phi) is 3.89. The molecular weight excluding hydrogens is 216 g/mol. The second-order valence-electron chi connectivity index (χ2n) is 4.59. The van der Waals surface area contributed by atoms with Gasteiger partial charge in [-0.25, -0.2) is 0 Å². The molecule has 92 valence electrons. The predicted molar refractivity (Wildman–Crippen MR) is 66.3 cm³/mol. The normalized spacial score (nSPS) is 12.9. The number of hydrogen-bond acceptors (Lipinski definition) is 2. The summed E-state index contributed by atoms with van der Waals surface area (Å²) in [6.07, 6.45) is 0. The lowest BCUT2D eigenvalue weighted by Gasteiger charge is -2.25. The first kappa shape index (κ1) is 13.2. The smallest absolute Gasteiger partial charge is 0.239 e. The van der Waals surface area contributed by atoms with Crippen LogP contribution in [0.4, 0.5) is 0 Å². The summed E-state index contributed by atoms with van der Waals surface area (Å²) in [7, 11) is 0. The Labute approximate surface area is 101 Å². The zero-order valence-corrected chi connectivity index (χ0v) is 10.4. The maximum absolute atomic E-state index is 12.1. The van der Waals surface area contributed by atoms with Crippen LogP contribution in [0.1, 0.15) is 26.3 Å². The summed E-state index contributed by atoms with van der Waals surface area (Å²) in [5.41, 5.74) is 5.32. The molecule has 0 aliphatic carbocycles. The monoisotopic (exact) mass is 234 g/mol. The van der Waals surface area contributed by atoms with E-state index in [1.165, 1.54) is 0 Å². The number of carbonyl (C=O) groups excluding carboxylic acids is 2. The highest BCUT2D eigenvalue weighted by molar-refractivity contribution is 5.91. The number of carbonyl (C=O) groups is 2. The number of nitrogens with two attached hydrogens (primary N) is 1. The minimum absolute atomic E-state index is 0.213. The topological polar surface area (TPSA) is 72.2 Å². The van der Waals surface area contributed by atoms with Gasteiger partial charge in [0.05, 0.1) is 5.41 Å². The van der Waals surface area contributed by atoms with E-state index in [0.717, 1.165) is 5.56 Å². The van der Waals surface area contributed by atoms with Crippen LogP contribution in [0.15, 0.2) is 30.3 Å². The summed E-state index contributed by atoms with van der Waals surface area (Å²) in [4.78, 5) is 23.0. The summed E-state index contributed by atoms with van der Waals surface area (Å²) in [6, 6.07) is 8.75. The van der Waals surface area contributed by atoms with Crippen LogP contribution < -0.4 is 11.1 Å². The van der Waals surface area contributed by atoms with Crippen LogP contribution in [0.5, 0.6) is 0 Å². The quantitative estimate of drug-likeness (QED) is 0.814. The molecule has 0 aromatic heterocycles. The molecule has 0 aliphatic rings. The largest absolute Gasteiger partial charge is 0.368 e. The fraction of sp³-hybridized carbons (Fsp3) is 0.385. The molecule has 0 fully saturated rings. The summed E-state index contributed by atoms with van der Waals surface area (Å²) < 4.78 is 0. The third kappa shape index (κ3) is 3.06. The second-order valence-corrected chi connectivity index (χ2v) is 4.59. The Balaban J connectivity index is 2.84. The molecule has 0 bridgehead atoms. The summed E-state index contributed by atoms with van der Waals surface area (Å²) in [5, 5.41) is 2.60. The zero-order chi connectivity index (χ0) is 13.1. The Hall–Kier alpha value is -1.84. The van der Waals surface area contributed by atoms with Crippen molar-refractivity contribution in [2.75, 3.05) is 0 Å². The highest BCUT2D eigenvalue weighted by atomic mass is 16.2. The highest BCUT2D eigenvalue weighted by Gasteiger charge is 2.31. The fourth-order valence-corrected chi connectivity index (χ4v) is 1.43. The molecule has 3 N–H and O–H groups in total. The van der Waals surface area contributed by atoms with Gasteiger partial charge in [0, 0.05) is 0 Å². The van der Waals surface area contributed by atoms with Crippen LogP contribution in [-0.4, -0.2) is 17.9 Å². The average molecular weight is 234 g/mol. The van der Waals surface area contributed by atoms with Crippen molar-refractivity contribution in [2.45, 2.75) is 32.2 Å². The molecule has 2 amide bonds. The molecule has 0 spiro atoms. The Bertz CT molecular complexity index is 413. The van der Waals surface area contributed by atoms with E-state index in [4.69, 9.17) is 5.73 Å².